The Hall–Kier alpha value is -2.48. The Kier molecular flexibility index (Phi) is 5.54. The number of fused-ring (bicyclic) bond motifs is 1. The highest BCUT2D eigenvalue weighted by atomic mass is 35.5. The highest BCUT2D eigenvalue weighted by Crippen LogP contribution is 2.23. The molecule has 29 heavy (non-hydrogen) atoms. The van der Waals surface area contributed by atoms with Gasteiger partial charge in [-0.05, 0) is 43.2 Å². The number of carbonyl (C=O) groups is 1. The van der Waals surface area contributed by atoms with Crippen LogP contribution < -0.4 is 0 Å². The van der Waals surface area contributed by atoms with Crippen molar-refractivity contribution in [3.8, 4) is 0 Å². The SMILES string of the molecule is O=C(OCc1cc2ccccc2nc1Cl)c1cccc(S(=O)(=O)N2CCCC2)c1. The summed E-state index contributed by atoms with van der Waals surface area (Å²) in [5, 5.41) is 1.16. The van der Waals surface area contributed by atoms with Crippen LogP contribution in [0.2, 0.25) is 5.15 Å². The molecule has 0 unspecified atom stereocenters. The first-order valence-electron chi connectivity index (χ1n) is 9.27. The third-order valence-electron chi connectivity index (χ3n) is 4.88. The summed E-state index contributed by atoms with van der Waals surface area (Å²) in [5.41, 5.74) is 1.52. The summed E-state index contributed by atoms with van der Waals surface area (Å²) in [6, 6.07) is 15.3. The number of esters is 1. The number of para-hydroxylation sites is 1. The van der Waals surface area contributed by atoms with Crippen LogP contribution in [-0.2, 0) is 21.4 Å². The first-order valence-corrected chi connectivity index (χ1v) is 11.1. The Labute approximate surface area is 174 Å². The number of hydrogen-bond acceptors (Lipinski definition) is 5. The molecule has 2 aromatic carbocycles. The Morgan fingerprint density at radius 3 is 2.62 bits per heavy atom. The molecule has 150 valence electrons. The summed E-state index contributed by atoms with van der Waals surface area (Å²) < 4.78 is 32.2. The Bertz CT molecular complexity index is 1170. The van der Waals surface area contributed by atoms with E-state index in [2.05, 4.69) is 4.98 Å². The van der Waals surface area contributed by atoms with Gasteiger partial charge in [0.05, 0.1) is 16.0 Å². The predicted molar refractivity (Wildman–Crippen MR) is 110 cm³/mol. The maximum atomic E-state index is 12.7. The van der Waals surface area contributed by atoms with Gasteiger partial charge in [-0.3, -0.25) is 0 Å². The first kappa shape index (κ1) is 19.8. The average Bonchev–Trinajstić information content (AvgIpc) is 3.28. The second kappa shape index (κ2) is 8.10. The molecule has 0 aliphatic carbocycles. The monoisotopic (exact) mass is 430 g/mol. The van der Waals surface area contributed by atoms with Crippen LogP contribution in [0.15, 0.2) is 59.5 Å². The van der Waals surface area contributed by atoms with E-state index >= 15 is 0 Å². The standard InChI is InChI=1S/C21H19ClN2O4S/c22-20-17(12-15-6-1-2-9-19(15)23-20)14-28-21(25)16-7-5-8-18(13-16)29(26,27)24-10-3-4-11-24/h1-2,5-9,12-13H,3-4,10-11,14H2. The number of ether oxygens (including phenoxy) is 1. The van der Waals surface area contributed by atoms with Crippen LogP contribution in [0.4, 0.5) is 0 Å². The van der Waals surface area contributed by atoms with E-state index in [1.165, 1.54) is 22.5 Å². The molecule has 1 fully saturated rings. The van der Waals surface area contributed by atoms with Crippen molar-refractivity contribution < 1.29 is 17.9 Å². The van der Waals surface area contributed by atoms with Crippen LogP contribution in [0.1, 0.15) is 28.8 Å². The Morgan fingerprint density at radius 1 is 1.07 bits per heavy atom. The fourth-order valence-corrected chi connectivity index (χ4v) is 5.09. The lowest BCUT2D eigenvalue weighted by molar-refractivity contribution is 0.0472. The molecule has 0 radical (unpaired) electrons. The molecule has 1 aliphatic rings. The minimum atomic E-state index is -3.60. The molecular weight excluding hydrogens is 412 g/mol. The molecule has 3 aromatic rings. The van der Waals surface area contributed by atoms with Crippen molar-refractivity contribution in [1.82, 2.24) is 9.29 Å². The molecular formula is C21H19ClN2O4S. The lowest BCUT2D eigenvalue weighted by atomic mass is 10.1. The summed E-state index contributed by atoms with van der Waals surface area (Å²) >= 11 is 6.20. The topological polar surface area (TPSA) is 76.6 Å². The molecule has 0 spiro atoms. The number of halogens is 1. The van der Waals surface area contributed by atoms with Gasteiger partial charge in [0.2, 0.25) is 10.0 Å². The van der Waals surface area contributed by atoms with Gasteiger partial charge < -0.3 is 4.74 Å². The highest BCUT2D eigenvalue weighted by Gasteiger charge is 2.27. The van der Waals surface area contributed by atoms with E-state index in [4.69, 9.17) is 16.3 Å². The summed E-state index contributed by atoms with van der Waals surface area (Å²) in [5.74, 6) is -0.618. The van der Waals surface area contributed by atoms with Crippen LogP contribution >= 0.6 is 11.6 Å². The molecule has 1 saturated heterocycles. The van der Waals surface area contributed by atoms with Crippen LogP contribution in [0.25, 0.3) is 10.9 Å². The van der Waals surface area contributed by atoms with E-state index in [1.54, 1.807) is 6.07 Å². The largest absolute Gasteiger partial charge is 0.457 e. The maximum Gasteiger partial charge on any atom is 0.338 e. The van der Waals surface area contributed by atoms with Gasteiger partial charge in [-0.1, -0.05) is 35.9 Å². The first-order chi connectivity index (χ1) is 13.9. The van der Waals surface area contributed by atoms with Gasteiger partial charge in [-0.2, -0.15) is 4.31 Å². The van der Waals surface area contributed by atoms with Crippen LogP contribution in [-0.4, -0.2) is 36.8 Å². The third kappa shape index (κ3) is 4.12. The number of pyridine rings is 1. The number of benzene rings is 2. The second-order valence-corrected chi connectivity index (χ2v) is 9.14. The smallest absolute Gasteiger partial charge is 0.338 e. The van der Waals surface area contributed by atoms with Crippen molar-refractivity contribution in [3.05, 3.63) is 70.9 Å². The average molecular weight is 431 g/mol. The predicted octanol–water partition coefficient (Wildman–Crippen LogP) is 4.03. The fourth-order valence-electron chi connectivity index (χ4n) is 3.33. The number of carbonyl (C=O) groups excluding carboxylic acids is 1. The van der Waals surface area contributed by atoms with Crippen molar-refractivity contribution in [1.29, 1.82) is 0 Å². The molecule has 0 amide bonds. The lowest BCUT2D eigenvalue weighted by Gasteiger charge is -2.16. The molecule has 2 heterocycles. The number of nitrogens with zero attached hydrogens (tertiary/aromatic N) is 2. The molecule has 1 aromatic heterocycles. The van der Waals surface area contributed by atoms with Crippen molar-refractivity contribution in [2.75, 3.05) is 13.1 Å². The molecule has 0 bridgehead atoms. The van der Waals surface area contributed by atoms with Gasteiger partial charge in [0.25, 0.3) is 0 Å². The summed E-state index contributed by atoms with van der Waals surface area (Å²) in [6.07, 6.45) is 1.70. The van der Waals surface area contributed by atoms with Gasteiger partial charge in [0.1, 0.15) is 11.8 Å². The normalized spacial score (nSPS) is 14.9. The summed E-state index contributed by atoms with van der Waals surface area (Å²) in [6.45, 7) is 0.952. The van der Waals surface area contributed by atoms with Crippen LogP contribution in [0.5, 0.6) is 0 Å². The molecule has 1 aliphatic heterocycles. The van der Waals surface area contributed by atoms with Crippen molar-refractivity contribution in [2.45, 2.75) is 24.3 Å². The van der Waals surface area contributed by atoms with Gasteiger partial charge >= 0.3 is 5.97 Å². The van der Waals surface area contributed by atoms with E-state index in [0.29, 0.717) is 18.7 Å². The highest BCUT2D eigenvalue weighted by molar-refractivity contribution is 7.89. The minimum absolute atomic E-state index is 0.0569. The van der Waals surface area contributed by atoms with Gasteiger partial charge in [-0.25, -0.2) is 18.2 Å². The van der Waals surface area contributed by atoms with Crippen LogP contribution in [0.3, 0.4) is 0 Å². The fraction of sp³-hybridized carbons (Fsp3) is 0.238. The molecule has 0 saturated carbocycles. The molecule has 4 rings (SSSR count). The minimum Gasteiger partial charge on any atom is -0.457 e. The number of hydrogen-bond donors (Lipinski definition) is 0. The van der Waals surface area contributed by atoms with Gasteiger partial charge in [0, 0.05) is 24.0 Å². The van der Waals surface area contributed by atoms with Gasteiger partial charge in [0.15, 0.2) is 0 Å². The Balaban J connectivity index is 1.51. The molecule has 6 nitrogen and oxygen atoms in total. The van der Waals surface area contributed by atoms with Crippen molar-refractivity contribution >= 4 is 38.5 Å². The molecule has 0 atom stereocenters. The number of sulfonamides is 1. The van der Waals surface area contributed by atoms with Crippen molar-refractivity contribution in [2.24, 2.45) is 0 Å². The summed E-state index contributed by atoms with van der Waals surface area (Å²) in [4.78, 5) is 16.9. The summed E-state index contributed by atoms with van der Waals surface area (Å²) in [7, 11) is -3.60. The van der Waals surface area contributed by atoms with Crippen LogP contribution in [0, 0.1) is 0 Å². The lowest BCUT2D eigenvalue weighted by Crippen LogP contribution is -2.28. The maximum absolute atomic E-state index is 12.7. The van der Waals surface area contributed by atoms with E-state index in [0.717, 1.165) is 23.7 Å². The zero-order valence-corrected chi connectivity index (χ0v) is 17.1. The molecule has 8 heteroatoms. The van der Waals surface area contributed by atoms with E-state index in [9.17, 15) is 13.2 Å². The zero-order valence-electron chi connectivity index (χ0n) is 15.5. The van der Waals surface area contributed by atoms with E-state index < -0.39 is 16.0 Å². The number of aromatic nitrogens is 1. The number of rotatable bonds is 5. The Morgan fingerprint density at radius 2 is 1.83 bits per heavy atom. The third-order valence-corrected chi connectivity index (χ3v) is 7.10. The zero-order chi connectivity index (χ0) is 20.4. The molecule has 0 N–H and O–H groups in total. The second-order valence-electron chi connectivity index (χ2n) is 6.85. The van der Waals surface area contributed by atoms with Crippen molar-refractivity contribution in [3.63, 3.8) is 0 Å². The van der Waals surface area contributed by atoms with Gasteiger partial charge in [-0.15, -0.1) is 0 Å². The van der Waals surface area contributed by atoms with E-state index in [1.807, 2.05) is 30.3 Å². The quantitative estimate of drug-likeness (QED) is 0.451. The van der Waals surface area contributed by atoms with E-state index in [-0.39, 0.29) is 22.2 Å².